The average Bonchev–Trinajstić information content (AvgIpc) is 2.96. The van der Waals surface area contributed by atoms with Crippen LogP contribution in [0.5, 0.6) is 0 Å². The zero-order valence-corrected chi connectivity index (χ0v) is 16.3. The summed E-state index contributed by atoms with van der Waals surface area (Å²) in [7, 11) is 0. The number of anilines is 1. The molecular formula is C19H32N4O3. The molecule has 7 heteroatoms. The van der Waals surface area contributed by atoms with Crippen molar-refractivity contribution < 1.29 is 14.7 Å². The van der Waals surface area contributed by atoms with Crippen molar-refractivity contribution in [2.24, 2.45) is 11.8 Å². The number of carbonyl (C=O) groups excluding carboxylic acids is 1. The number of hydrogen-bond acceptors (Lipinski definition) is 3. The zero-order valence-electron chi connectivity index (χ0n) is 16.3. The monoisotopic (exact) mass is 364 g/mol. The number of urea groups is 1. The van der Waals surface area contributed by atoms with Crippen molar-refractivity contribution in [3.05, 3.63) is 11.9 Å². The quantitative estimate of drug-likeness (QED) is 0.685. The van der Waals surface area contributed by atoms with Crippen LogP contribution in [0, 0.1) is 11.8 Å². The third-order valence-corrected chi connectivity index (χ3v) is 5.01. The summed E-state index contributed by atoms with van der Waals surface area (Å²) in [6, 6.07) is -0.210. The number of aliphatic carboxylic acids is 1. The van der Waals surface area contributed by atoms with Gasteiger partial charge in [0.15, 0.2) is 0 Å². The predicted molar refractivity (Wildman–Crippen MR) is 101 cm³/mol. The van der Waals surface area contributed by atoms with Gasteiger partial charge in [0.2, 0.25) is 0 Å². The number of aryl methyl sites for hydroxylation is 1. The Hall–Kier alpha value is -2.05. The third kappa shape index (κ3) is 5.47. The number of carboxylic acids is 1. The minimum atomic E-state index is -0.733. The van der Waals surface area contributed by atoms with E-state index in [1.165, 1.54) is 0 Å². The van der Waals surface area contributed by atoms with Crippen LogP contribution in [0.2, 0.25) is 0 Å². The van der Waals surface area contributed by atoms with Crippen LogP contribution in [-0.2, 0) is 11.3 Å². The van der Waals surface area contributed by atoms with Crippen molar-refractivity contribution in [3.8, 4) is 0 Å². The highest BCUT2D eigenvalue weighted by molar-refractivity contribution is 5.90. The molecule has 0 spiro atoms. The third-order valence-electron chi connectivity index (χ3n) is 5.01. The molecule has 0 unspecified atom stereocenters. The molecule has 0 aliphatic heterocycles. The highest BCUT2D eigenvalue weighted by Gasteiger charge is 2.27. The van der Waals surface area contributed by atoms with Gasteiger partial charge in [0.05, 0.1) is 23.5 Å². The summed E-state index contributed by atoms with van der Waals surface area (Å²) < 4.78 is 1.98. The Bertz CT molecular complexity index is 616. The van der Waals surface area contributed by atoms with Crippen LogP contribution in [-0.4, -0.2) is 32.9 Å². The number of hydrogen-bond donors (Lipinski definition) is 3. The number of rotatable bonds is 7. The van der Waals surface area contributed by atoms with Gasteiger partial charge in [0.1, 0.15) is 0 Å². The molecule has 7 nitrogen and oxygen atoms in total. The Morgan fingerprint density at radius 1 is 1.23 bits per heavy atom. The van der Waals surface area contributed by atoms with Crippen LogP contribution < -0.4 is 10.6 Å². The highest BCUT2D eigenvalue weighted by Crippen LogP contribution is 2.26. The molecule has 0 saturated heterocycles. The molecule has 1 fully saturated rings. The zero-order chi connectivity index (χ0) is 19.3. The summed E-state index contributed by atoms with van der Waals surface area (Å²) in [4.78, 5) is 23.4. The molecule has 2 rings (SSSR count). The lowest BCUT2D eigenvalue weighted by Crippen LogP contribution is -2.41. The lowest BCUT2D eigenvalue weighted by Gasteiger charge is -2.26. The van der Waals surface area contributed by atoms with Crippen molar-refractivity contribution in [2.75, 3.05) is 5.32 Å². The van der Waals surface area contributed by atoms with E-state index in [2.05, 4.69) is 43.4 Å². The maximum atomic E-state index is 12.4. The van der Waals surface area contributed by atoms with E-state index < -0.39 is 5.97 Å². The molecule has 1 aliphatic rings. The van der Waals surface area contributed by atoms with E-state index in [0.29, 0.717) is 31.6 Å². The lowest BCUT2D eigenvalue weighted by molar-refractivity contribution is -0.142. The van der Waals surface area contributed by atoms with Gasteiger partial charge in [-0.2, -0.15) is 5.10 Å². The molecule has 1 saturated carbocycles. The van der Waals surface area contributed by atoms with Crippen molar-refractivity contribution in [1.82, 2.24) is 15.1 Å². The van der Waals surface area contributed by atoms with Crippen LogP contribution in [0.3, 0.4) is 0 Å². The van der Waals surface area contributed by atoms with Gasteiger partial charge in [-0.25, -0.2) is 4.79 Å². The van der Waals surface area contributed by atoms with Crippen LogP contribution in [0.4, 0.5) is 10.5 Å². The second-order valence-corrected chi connectivity index (χ2v) is 7.99. The van der Waals surface area contributed by atoms with Crippen molar-refractivity contribution in [1.29, 1.82) is 0 Å². The van der Waals surface area contributed by atoms with E-state index >= 15 is 0 Å². The minimum absolute atomic E-state index is 0.0316. The molecule has 26 heavy (non-hydrogen) atoms. The fourth-order valence-electron chi connectivity index (χ4n) is 3.49. The van der Waals surface area contributed by atoms with Gasteiger partial charge in [0.25, 0.3) is 0 Å². The number of carboxylic acid groups (broad SMARTS) is 1. The number of nitrogens with one attached hydrogen (secondary N) is 2. The first-order valence-electron chi connectivity index (χ1n) is 9.64. The van der Waals surface area contributed by atoms with E-state index in [1.54, 1.807) is 6.20 Å². The first-order chi connectivity index (χ1) is 12.3. The number of carbonyl (C=O) groups is 2. The molecule has 1 aromatic heterocycles. The van der Waals surface area contributed by atoms with Gasteiger partial charge in [-0.3, -0.25) is 9.48 Å². The minimum Gasteiger partial charge on any atom is -0.481 e. The molecule has 0 aromatic carbocycles. The fraction of sp³-hybridized carbons (Fsp3) is 0.737. The van der Waals surface area contributed by atoms with Crippen LogP contribution in [0.25, 0.3) is 0 Å². The maximum Gasteiger partial charge on any atom is 0.319 e. The van der Waals surface area contributed by atoms with Crippen molar-refractivity contribution in [3.63, 3.8) is 0 Å². The molecule has 146 valence electrons. The van der Waals surface area contributed by atoms with E-state index in [1.807, 2.05) is 4.68 Å². The molecule has 1 aromatic rings. The van der Waals surface area contributed by atoms with Crippen LogP contribution in [0.1, 0.15) is 71.4 Å². The molecule has 3 N–H and O–H groups in total. The van der Waals surface area contributed by atoms with Gasteiger partial charge in [-0.05, 0) is 43.9 Å². The van der Waals surface area contributed by atoms with E-state index in [9.17, 15) is 9.59 Å². The molecule has 0 radical (unpaired) electrons. The van der Waals surface area contributed by atoms with Gasteiger partial charge < -0.3 is 15.7 Å². The summed E-state index contributed by atoms with van der Waals surface area (Å²) >= 11 is 0. The van der Waals surface area contributed by atoms with Gasteiger partial charge in [0, 0.05) is 12.6 Å². The Balaban J connectivity index is 1.93. The van der Waals surface area contributed by atoms with Crippen LogP contribution >= 0.6 is 0 Å². The number of amides is 2. The second-order valence-electron chi connectivity index (χ2n) is 7.99. The Morgan fingerprint density at radius 2 is 1.88 bits per heavy atom. The molecule has 0 bridgehead atoms. The number of nitrogens with zero attached hydrogens (tertiary/aromatic N) is 2. The summed E-state index contributed by atoms with van der Waals surface area (Å²) in [5, 5.41) is 19.4. The van der Waals surface area contributed by atoms with E-state index in [0.717, 1.165) is 24.3 Å². The maximum absolute atomic E-state index is 12.4. The summed E-state index contributed by atoms with van der Waals surface area (Å²) in [5.41, 5.74) is 1.79. The molecule has 2 amide bonds. The number of aromatic nitrogens is 2. The standard InChI is InChI=1S/C19H32N4O3/c1-12(2)9-10-23-17(13(3)4)16(11-20-23)22-19(26)21-15-7-5-14(6-8-15)18(24)25/h11-15H,5-10H2,1-4H3,(H,24,25)(H2,21,22,26). The Kier molecular flexibility index (Phi) is 7.06. The summed E-state index contributed by atoms with van der Waals surface area (Å²) in [5.74, 6) is -0.156. The lowest BCUT2D eigenvalue weighted by atomic mass is 9.86. The highest BCUT2D eigenvalue weighted by atomic mass is 16.4. The first-order valence-corrected chi connectivity index (χ1v) is 9.64. The molecule has 0 atom stereocenters. The van der Waals surface area contributed by atoms with E-state index in [-0.39, 0.29) is 23.9 Å². The van der Waals surface area contributed by atoms with Gasteiger partial charge >= 0.3 is 12.0 Å². The SMILES string of the molecule is CC(C)CCn1ncc(NC(=O)NC2CCC(C(=O)O)CC2)c1C(C)C. The Labute approximate surface area is 155 Å². The first kappa shape index (κ1) is 20.3. The van der Waals surface area contributed by atoms with E-state index in [4.69, 9.17) is 5.11 Å². The average molecular weight is 364 g/mol. The van der Waals surface area contributed by atoms with Gasteiger partial charge in [-0.15, -0.1) is 0 Å². The predicted octanol–water partition coefficient (Wildman–Crippen LogP) is 3.82. The Morgan fingerprint density at radius 3 is 2.42 bits per heavy atom. The fourth-order valence-corrected chi connectivity index (χ4v) is 3.49. The topological polar surface area (TPSA) is 96.3 Å². The van der Waals surface area contributed by atoms with Crippen molar-refractivity contribution >= 4 is 17.7 Å². The smallest absolute Gasteiger partial charge is 0.319 e. The molecular weight excluding hydrogens is 332 g/mol. The van der Waals surface area contributed by atoms with Gasteiger partial charge in [-0.1, -0.05) is 27.7 Å². The molecule has 1 heterocycles. The van der Waals surface area contributed by atoms with Crippen molar-refractivity contribution in [2.45, 2.75) is 78.3 Å². The second kappa shape index (κ2) is 9.05. The normalized spacial score (nSPS) is 20.4. The summed E-state index contributed by atoms with van der Waals surface area (Å²) in [6.45, 7) is 9.40. The summed E-state index contributed by atoms with van der Waals surface area (Å²) in [6.07, 6.45) is 5.40. The largest absolute Gasteiger partial charge is 0.481 e. The van der Waals surface area contributed by atoms with Crippen LogP contribution in [0.15, 0.2) is 6.20 Å². The molecule has 1 aliphatic carbocycles.